The molecule has 0 aromatic carbocycles. The molecule has 0 unspecified atom stereocenters. The second-order valence-electron chi connectivity index (χ2n) is 7.32. The van der Waals surface area contributed by atoms with Crippen LogP contribution in [0.3, 0.4) is 0 Å². The third kappa shape index (κ3) is 2.35. The van der Waals surface area contributed by atoms with Gasteiger partial charge in [0.2, 0.25) is 0 Å². The Balaban J connectivity index is 0.00000110. The zero-order chi connectivity index (χ0) is 12.2. The molecule has 3 nitrogen and oxygen atoms in total. The molecule has 19 heavy (non-hydrogen) atoms. The summed E-state index contributed by atoms with van der Waals surface area (Å²) in [6.07, 6.45) is 10.5. The fraction of sp³-hybridized carbons (Fsp3) is 0.933. The van der Waals surface area contributed by atoms with E-state index in [-0.39, 0.29) is 24.0 Å². The number of carbonyl (C=O) groups excluding carboxylic acids is 1. The molecule has 0 spiro atoms. The third-order valence-electron chi connectivity index (χ3n) is 5.80. The van der Waals surface area contributed by atoms with E-state index < -0.39 is 0 Å². The average molecular weight is 285 g/mol. The molecule has 5 fully saturated rings. The maximum Gasteiger partial charge on any atom is 0.317 e. The average Bonchev–Trinajstić information content (AvgIpc) is 2.79. The Bertz CT molecular complexity index is 330. The molecule has 1 aliphatic heterocycles. The molecule has 5 rings (SSSR count). The van der Waals surface area contributed by atoms with E-state index in [1.807, 2.05) is 4.90 Å². The van der Waals surface area contributed by atoms with Gasteiger partial charge in [-0.25, -0.2) is 4.79 Å². The molecule has 108 valence electrons. The van der Waals surface area contributed by atoms with E-state index in [0.717, 1.165) is 30.8 Å². The molecule has 4 heteroatoms. The van der Waals surface area contributed by atoms with Crippen LogP contribution in [0, 0.1) is 17.8 Å². The number of urea groups is 1. The van der Waals surface area contributed by atoms with Crippen molar-refractivity contribution in [3.05, 3.63) is 0 Å². The van der Waals surface area contributed by atoms with E-state index in [1.54, 1.807) is 0 Å². The first kappa shape index (κ1) is 13.5. The highest BCUT2D eigenvalue weighted by molar-refractivity contribution is 5.85. The van der Waals surface area contributed by atoms with Crippen LogP contribution in [0.25, 0.3) is 0 Å². The SMILES string of the molecule is Cl.O=C(NC12CC3CC(CC(C3)C1)C2)N1CCCC1. The minimum atomic E-state index is 0. The Morgan fingerprint density at radius 2 is 1.42 bits per heavy atom. The first-order chi connectivity index (χ1) is 8.72. The van der Waals surface area contributed by atoms with Gasteiger partial charge in [-0.1, -0.05) is 0 Å². The largest absolute Gasteiger partial charge is 0.333 e. The smallest absolute Gasteiger partial charge is 0.317 e. The summed E-state index contributed by atoms with van der Waals surface area (Å²) in [7, 11) is 0. The summed E-state index contributed by atoms with van der Waals surface area (Å²) >= 11 is 0. The van der Waals surface area contributed by atoms with Crippen molar-refractivity contribution in [2.24, 2.45) is 17.8 Å². The van der Waals surface area contributed by atoms with Gasteiger partial charge >= 0.3 is 6.03 Å². The molecule has 5 aliphatic rings. The third-order valence-corrected chi connectivity index (χ3v) is 5.80. The van der Waals surface area contributed by atoms with Crippen LogP contribution < -0.4 is 5.32 Å². The number of carbonyl (C=O) groups is 1. The molecule has 0 atom stereocenters. The summed E-state index contributed by atoms with van der Waals surface area (Å²) < 4.78 is 0. The number of halogens is 1. The highest BCUT2D eigenvalue weighted by atomic mass is 35.5. The topological polar surface area (TPSA) is 32.3 Å². The normalized spacial score (nSPS) is 43.2. The van der Waals surface area contributed by atoms with Crippen LogP contribution in [0.1, 0.15) is 51.4 Å². The van der Waals surface area contributed by atoms with Gasteiger partial charge in [-0.05, 0) is 69.1 Å². The van der Waals surface area contributed by atoms with Crippen LogP contribution in [0.4, 0.5) is 4.79 Å². The Labute approximate surface area is 121 Å². The van der Waals surface area contributed by atoms with Crippen LogP contribution in [0.15, 0.2) is 0 Å². The second-order valence-corrected chi connectivity index (χ2v) is 7.32. The van der Waals surface area contributed by atoms with Crippen LogP contribution in [0.5, 0.6) is 0 Å². The van der Waals surface area contributed by atoms with E-state index in [4.69, 9.17) is 0 Å². The van der Waals surface area contributed by atoms with Gasteiger partial charge in [0.15, 0.2) is 0 Å². The van der Waals surface area contributed by atoms with Gasteiger partial charge in [0.05, 0.1) is 0 Å². The van der Waals surface area contributed by atoms with Crippen molar-refractivity contribution in [2.75, 3.05) is 13.1 Å². The minimum absolute atomic E-state index is 0. The lowest BCUT2D eigenvalue weighted by molar-refractivity contribution is -0.0153. The van der Waals surface area contributed by atoms with Gasteiger partial charge in [-0.2, -0.15) is 0 Å². The van der Waals surface area contributed by atoms with Crippen molar-refractivity contribution in [3.63, 3.8) is 0 Å². The molecular weight excluding hydrogens is 260 g/mol. The Kier molecular flexibility index (Phi) is 3.45. The molecule has 0 radical (unpaired) electrons. The molecule has 0 aromatic heterocycles. The van der Waals surface area contributed by atoms with Gasteiger partial charge in [-0.3, -0.25) is 0 Å². The van der Waals surface area contributed by atoms with Gasteiger partial charge < -0.3 is 10.2 Å². The number of nitrogens with one attached hydrogen (secondary N) is 1. The summed E-state index contributed by atoms with van der Waals surface area (Å²) in [6, 6.07) is 0.231. The number of rotatable bonds is 1. The fourth-order valence-corrected chi connectivity index (χ4v) is 5.49. The van der Waals surface area contributed by atoms with Crippen molar-refractivity contribution >= 4 is 18.4 Å². The predicted molar refractivity (Wildman–Crippen MR) is 77.5 cm³/mol. The molecular formula is C15H25ClN2O. The molecule has 4 saturated carbocycles. The van der Waals surface area contributed by atoms with Gasteiger partial charge in [0, 0.05) is 18.6 Å². The van der Waals surface area contributed by atoms with E-state index >= 15 is 0 Å². The first-order valence-corrected chi connectivity index (χ1v) is 7.80. The summed E-state index contributed by atoms with van der Waals surface area (Å²) in [4.78, 5) is 14.4. The predicted octanol–water partition coefficient (Wildman–Crippen LogP) is 3.18. The highest BCUT2D eigenvalue weighted by Crippen LogP contribution is 2.55. The molecule has 0 aromatic rings. The lowest BCUT2D eigenvalue weighted by atomic mass is 9.53. The standard InChI is InChI=1S/C15H24N2O.ClH/c18-14(17-3-1-2-4-17)16-15-8-11-5-12(9-15)7-13(6-11)10-15;/h11-13H,1-10H2,(H,16,18);1H. The number of likely N-dealkylation sites (tertiary alicyclic amines) is 1. The lowest BCUT2D eigenvalue weighted by Crippen LogP contribution is -2.61. The Morgan fingerprint density at radius 3 is 1.89 bits per heavy atom. The van der Waals surface area contributed by atoms with Crippen LogP contribution >= 0.6 is 12.4 Å². The van der Waals surface area contributed by atoms with E-state index in [1.165, 1.54) is 51.4 Å². The molecule has 2 amide bonds. The van der Waals surface area contributed by atoms with Gasteiger partial charge in [0.1, 0.15) is 0 Å². The van der Waals surface area contributed by atoms with Crippen molar-refractivity contribution < 1.29 is 4.79 Å². The molecule has 4 bridgehead atoms. The summed E-state index contributed by atoms with van der Waals surface area (Å²) in [6.45, 7) is 1.94. The maximum atomic E-state index is 12.3. The van der Waals surface area contributed by atoms with E-state index in [9.17, 15) is 4.79 Å². The number of nitrogens with zero attached hydrogens (tertiary/aromatic N) is 1. The molecule has 4 aliphatic carbocycles. The molecule has 1 saturated heterocycles. The fourth-order valence-electron chi connectivity index (χ4n) is 5.49. The number of hydrogen-bond acceptors (Lipinski definition) is 1. The summed E-state index contributed by atoms with van der Waals surface area (Å²) in [5.41, 5.74) is 0.189. The van der Waals surface area contributed by atoms with Crippen LogP contribution in [-0.2, 0) is 0 Å². The van der Waals surface area contributed by atoms with Crippen molar-refractivity contribution in [1.29, 1.82) is 0 Å². The van der Waals surface area contributed by atoms with E-state index in [2.05, 4.69) is 5.32 Å². The van der Waals surface area contributed by atoms with Crippen LogP contribution in [0.2, 0.25) is 0 Å². The Hall–Kier alpha value is -0.440. The highest BCUT2D eigenvalue weighted by Gasteiger charge is 2.51. The second kappa shape index (κ2) is 4.83. The van der Waals surface area contributed by atoms with Crippen molar-refractivity contribution in [2.45, 2.75) is 56.9 Å². The quantitative estimate of drug-likeness (QED) is 0.788. The zero-order valence-electron chi connectivity index (χ0n) is 11.6. The zero-order valence-corrected chi connectivity index (χ0v) is 12.4. The maximum absolute atomic E-state index is 12.3. The number of hydrogen-bond donors (Lipinski definition) is 1. The Morgan fingerprint density at radius 1 is 0.947 bits per heavy atom. The first-order valence-electron chi connectivity index (χ1n) is 7.80. The summed E-state index contributed by atoms with van der Waals surface area (Å²) in [5.74, 6) is 2.74. The van der Waals surface area contributed by atoms with Crippen LogP contribution in [-0.4, -0.2) is 29.6 Å². The number of amides is 2. The van der Waals surface area contributed by atoms with Gasteiger partial charge in [0.25, 0.3) is 0 Å². The van der Waals surface area contributed by atoms with Gasteiger partial charge in [-0.15, -0.1) is 12.4 Å². The van der Waals surface area contributed by atoms with Crippen molar-refractivity contribution in [3.8, 4) is 0 Å². The van der Waals surface area contributed by atoms with E-state index in [0.29, 0.717) is 0 Å². The minimum Gasteiger partial charge on any atom is -0.333 e. The van der Waals surface area contributed by atoms with Crippen molar-refractivity contribution in [1.82, 2.24) is 10.2 Å². The lowest BCUT2D eigenvalue weighted by Gasteiger charge is -2.57. The monoisotopic (exact) mass is 284 g/mol. The molecule has 1 N–H and O–H groups in total. The molecule has 1 heterocycles. The summed E-state index contributed by atoms with van der Waals surface area (Å²) in [5, 5.41) is 3.45.